The fraction of sp³-hybridized carbons (Fsp3) is 0.100. The Bertz CT molecular complexity index is 1230. The number of hydrogen-bond acceptors (Lipinski definition) is 4. The molecule has 0 unspecified atom stereocenters. The molecule has 0 aliphatic carbocycles. The molecule has 4 aromatic rings. The molecule has 0 bridgehead atoms. The quantitative estimate of drug-likeness (QED) is 0.423. The second kappa shape index (κ2) is 6.53. The van der Waals surface area contributed by atoms with Crippen LogP contribution in [0, 0.1) is 0 Å². The van der Waals surface area contributed by atoms with E-state index in [1.54, 1.807) is 22.9 Å². The smallest absolute Gasteiger partial charge is 0.278 e. The number of nitrogens with zero attached hydrogens (tertiary/aromatic N) is 3. The third-order valence-electron chi connectivity index (χ3n) is 4.52. The van der Waals surface area contributed by atoms with Crippen LogP contribution in [0.15, 0.2) is 65.6 Å². The number of amides is 1. The molecule has 0 saturated carbocycles. The number of nitrogen functional groups attached to an aromatic ring is 1. The summed E-state index contributed by atoms with van der Waals surface area (Å²) in [6.45, 7) is 0.392. The van der Waals surface area contributed by atoms with Crippen LogP contribution in [0.4, 0.5) is 5.82 Å². The van der Waals surface area contributed by atoms with Gasteiger partial charge in [0, 0.05) is 13.2 Å². The number of hydrogen-bond donors (Lipinski definition) is 2. The van der Waals surface area contributed by atoms with Crippen molar-refractivity contribution in [3.63, 3.8) is 0 Å². The number of fused-ring (bicyclic) bond motifs is 2. The molecule has 0 fully saturated rings. The molecule has 0 aliphatic rings. The summed E-state index contributed by atoms with van der Waals surface area (Å²) >= 11 is 0. The van der Waals surface area contributed by atoms with Gasteiger partial charge in [-0.2, -0.15) is 0 Å². The molecule has 0 aliphatic heterocycles. The predicted molar refractivity (Wildman–Crippen MR) is 103 cm³/mol. The van der Waals surface area contributed by atoms with E-state index < -0.39 is 0 Å². The van der Waals surface area contributed by atoms with Gasteiger partial charge >= 0.3 is 0 Å². The summed E-state index contributed by atoms with van der Waals surface area (Å²) in [5, 5.41) is 2.91. The third kappa shape index (κ3) is 2.79. The lowest BCUT2D eigenvalue weighted by atomic mass is 10.1. The van der Waals surface area contributed by atoms with Crippen LogP contribution < -0.4 is 21.2 Å². The summed E-state index contributed by atoms with van der Waals surface area (Å²) in [7, 11) is 1.53. The normalized spacial score (nSPS) is 11.0. The number of anilines is 1. The van der Waals surface area contributed by atoms with Crippen LogP contribution in [0.25, 0.3) is 16.7 Å². The van der Waals surface area contributed by atoms with Crippen molar-refractivity contribution in [3.05, 3.63) is 82.3 Å². The zero-order valence-electron chi connectivity index (χ0n) is 14.7. The summed E-state index contributed by atoms with van der Waals surface area (Å²) in [6, 6.07) is 16.5. The lowest BCUT2D eigenvalue weighted by Gasteiger charge is -2.11. The van der Waals surface area contributed by atoms with Gasteiger partial charge in [-0.25, -0.2) is 4.57 Å². The van der Waals surface area contributed by atoms with Crippen LogP contribution in [-0.2, 0) is 6.54 Å². The first-order chi connectivity index (χ1) is 13.1. The van der Waals surface area contributed by atoms with Gasteiger partial charge in [-0.1, -0.05) is 41.4 Å². The lowest BCUT2D eigenvalue weighted by molar-refractivity contribution is -0.649. The molecule has 7 nitrogen and oxygen atoms in total. The number of carbonyl (C=O) groups is 1. The maximum atomic E-state index is 13.0. The van der Waals surface area contributed by atoms with Crippen molar-refractivity contribution >= 4 is 28.4 Å². The van der Waals surface area contributed by atoms with Crippen molar-refractivity contribution in [2.45, 2.75) is 6.54 Å². The van der Waals surface area contributed by atoms with Crippen LogP contribution in [0.1, 0.15) is 15.9 Å². The Morgan fingerprint density at radius 1 is 1.19 bits per heavy atom. The SMILES string of the molecule is CNC(=O)c1cc2c(=O)n3ccccc3nc2[n+](Cc2ccccc2)c1N. The third-order valence-corrected chi connectivity index (χ3v) is 4.52. The molecule has 3 N–H and O–H groups in total. The Hall–Kier alpha value is -3.74. The molecule has 134 valence electrons. The summed E-state index contributed by atoms with van der Waals surface area (Å²) in [5.74, 6) is -0.0911. The monoisotopic (exact) mass is 360 g/mol. The van der Waals surface area contributed by atoms with Crippen LogP contribution in [0.5, 0.6) is 0 Å². The Labute approximate surface area is 154 Å². The van der Waals surface area contributed by atoms with E-state index >= 15 is 0 Å². The summed E-state index contributed by atoms with van der Waals surface area (Å²) in [5.41, 5.74) is 8.27. The first-order valence-electron chi connectivity index (χ1n) is 8.49. The Morgan fingerprint density at radius 2 is 1.93 bits per heavy atom. The van der Waals surface area contributed by atoms with E-state index in [0.717, 1.165) is 5.56 Å². The van der Waals surface area contributed by atoms with Gasteiger partial charge in [0.2, 0.25) is 11.5 Å². The molecule has 7 heteroatoms. The van der Waals surface area contributed by atoms with Gasteiger partial charge in [0.1, 0.15) is 10.9 Å². The van der Waals surface area contributed by atoms with E-state index in [-0.39, 0.29) is 22.8 Å². The molecule has 0 atom stereocenters. The number of carbonyl (C=O) groups excluding carboxylic acids is 1. The number of nitrogens with one attached hydrogen (secondary N) is 1. The first-order valence-corrected chi connectivity index (χ1v) is 8.49. The molecule has 0 spiro atoms. The largest absolute Gasteiger partial charge is 0.355 e. The molecule has 1 amide bonds. The lowest BCUT2D eigenvalue weighted by Crippen LogP contribution is -2.43. The fourth-order valence-electron chi connectivity index (χ4n) is 3.14. The highest BCUT2D eigenvalue weighted by Gasteiger charge is 2.24. The van der Waals surface area contributed by atoms with Crippen LogP contribution >= 0.6 is 0 Å². The van der Waals surface area contributed by atoms with E-state index in [9.17, 15) is 9.59 Å². The van der Waals surface area contributed by atoms with Crippen LogP contribution in [0.2, 0.25) is 0 Å². The Morgan fingerprint density at radius 3 is 2.67 bits per heavy atom. The van der Waals surface area contributed by atoms with Gasteiger partial charge < -0.3 is 11.1 Å². The fourth-order valence-corrected chi connectivity index (χ4v) is 3.14. The van der Waals surface area contributed by atoms with E-state index in [4.69, 9.17) is 5.73 Å². The molecule has 3 aromatic heterocycles. The van der Waals surface area contributed by atoms with Crippen LogP contribution in [-0.4, -0.2) is 22.3 Å². The van der Waals surface area contributed by atoms with Crippen molar-refractivity contribution in [3.8, 4) is 0 Å². The minimum Gasteiger partial charge on any atom is -0.355 e. The maximum absolute atomic E-state index is 13.0. The summed E-state index contributed by atoms with van der Waals surface area (Å²) in [4.78, 5) is 30.0. The standard InChI is InChI=1S/C20H17N5O2/c1-22-19(26)14-11-15-18(23-16-9-5-6-10-24(16)20(15)27)25(17(14)21)12-13-7-3-2-4-8-13/h2-11,21H,12H2,1H3,(H,22,26)/p+1. The Balaban J connectivity index is 2.10. The molecule has 3 heterocycles. The second-order valence-electron chi connectivity index (χ2n) is 6.18. The van der Waals surface area contributed by atoms with Gasteiger partial charge in [-0.15, -0.1) is 0 Å². The van der Waals surface area contributed by atoms with Crippen molar-refractivity contribution in [2.75, 3.05) is 12.8 Å². The highest BCUT2D eigenvalue weighted by atomic mass is 16.1. The molecule has 4 rings (SSSR count). The summed E-state index contributed by atoms with van der Waals surface area (Å²) in [6.07, 6.45) is 1.65. The topological polar surface area (TPSA) is 93.4 Å². The number of rotatable bonds is 3. The average molecular weight is 360 g/mol. The highest BCUT2D eigenvalue weighted by molar-refractivity contribution is 6.00. The van der Waals surface area contributed by atoms with E-state index in [1.165, 1.54) is 17.5 Å². The first kappa shape index (κ1) is 16.7. The average Bonchev–Trinajstić information content (AvgIpc) is 2.70. The van der Waals surface area contributed by atoms with Crippen molar-refractivity contribution in [1.29, 1.82) is 0 Å². The van der Waals surface area contributed by atoms with E-state index in [1.807, 2.05) is 36.4 Å². The number of benzene rings is 1. The van der Waals surface area contributed by atoms with Gasteiger partial charge in [-0.05, 0) is 23.8 Å². The second-order valence-corrected chi connectivity index (χ2v) is 6.18. The van der Waals surface area contributed by atoms with Gasteiger partial charge in [0.05, 0.1) is 6.54 Å². The molecular formula is C20H18N5O2+. The van der Waals surface area contributed by atoms with Crippen LogP contribution in [0.3, 0.4) is 0 Å². The maximum Gasteiger partial charge on any atom is 0.278 e. The minimum absolute atomic E-state index is 0.246. The van der Waals surface area contributed by atoms with Crippen molar-refractivity contribution in [2.24, 2.45) is 0 Å². The Kier molecular flexibility index (Phi) is 4.04. The van der Waals surface area contributed by atoms with E-state index in [0.29, 0.717) is 23.2 Å². The molecular weight excluding hydrogens is 342 g/mol. The van der Waals surface area contributed by atoms with Gasteiger partial charge in [0.25, 0.3) is 17.1 Å². The minimum atomic E-state index is -0.353. The molecule has 0 radical (unpaired) electrons. The number of pyridine rings is 2. The van der Waals surface area contributed by atoms with E-state index in [2.05, 4.69) is 10.3 Å². The molecule has 0 saturated heterocycles. The van der Waals surface area contributed by atoms with Gasteiger partial charge in [-0.3, -0.25) is 14.0 Å². The predicted octanol–water partition coefficient (Wildman–Crippen LogP) is 1.13. The zero-order chi connectivity index (χ0) is 19.0. The van der Waals surface area contributed by atoms with Crippen molar-refractivity contribution < 1.29 is 9.36 Å². The molecule has 27 heavy (non-hydrogen) atoms. The summed E-state index contributed by atoms with van der Waals surface area (Å²) < 4.78 is 3.17. The van der Waals surface area contributed by atoms with Crippen molar-refractivity contribution in [1.82, 2.24) is 14.7 Å². The molecule has 1 aromatic carbocycles. The number of aromatic nitrogens is 3. The van der Waals surface area contributed by atoms with Gasteiger partial charge in [0.15, 0.2) is 0 Å². The highest BCUT2D eigenvalue weighted by Crippen LogP contribution is 2.15. The number of nitrogens with two attached hydrogens (primary N) is 1. The zero-order valence-corrected chi connectivity index (χ0v) is 14.7.